The molecule has 1 atom stereocenters. The Labute approximate surface area is 175 Å². The first-order chi connectivity index (χ1) is 13.8. The second kappa shape index (κ2) is 8.61. The largest absolute Gasteiger partial charge is 0.497 e. The topological polar surface area (TPSA) is 84.9 Å². The number of ether oxygens (including phenoxy) is 2. The molecule has 0 unspecified atom stereocenters. The van der Waals surface area contributed by atoms with Crippen LogP contribution in [0.3, 0.4) is 0 Å². The molecule has 2 aromatic carbocycles. The molecule has 1 aliphatic heterocycles. The van der Waals surface area contributed by atoms with Crippen LogP contribution < -0.4 is 14.8 Å². The second-order valence-corrected chi connectivity index (χ2v) is 9.03. The Morgan fingerprint density at radius 1 is 1.17 bits per heavy atom. The third-order valence-corrected chi connectivity index (χ3v) is 7.19. The van der Waals surface area contributed by atoms with Crippen molar-refractivity contribution < 1.29 is 22.7 Å². The summed E-state index contributed by atoms with van der Waals surface area (Å²) < 4.78 is 38.3. The van der Waals surface area contributed by atoms with Crippen molar-refractivity contribution in [3.05, 3.63) is 47.0 Å². The fourth-order valence-corrected chi connectivity index (χ4v) is 5.47. The highest BCUT2D eigenvalue weighted by Gasteiger charge is 2.40. The van der Waals surface area contributed by atoms with Crippen molar-refractivity contribution >= 4 is 33.2 Å². The Hall–Kier alpha value is -2.29. The molecule has 9 heteroatoms. The summed E-state index contributed by atoms with van der Waals surface area (Å²) in [6.45, 7) is 1.98. The summed E-state index contributed by atoms with van der Waals surface area (Å²) in [6, 6.07) is 8.90. The molecule has 1 N–H and O–H groups in total. The number of amides is 1. The molecule has 156 valence electrons. The molecule has 1 saturated heterocycles. The Morgan fingerprint density at radius 2 is 1.93 bits per heavy atom. The number of sulfonamides is 1. The number of aryl methyl sites for hydroxylation is 1. The number of benzene rings is 2. The van der Waals surface area contributed by atoms with E-state index in [9.17, 15) is 13.2 Å². The highest BCUT2D eigenvalue weighted by atomic mass is 35.5. The number of carbonyl (C=O) groups excluding carboxylic acids is 1. The van der Waals surface area contributed by atoms with Crippen molar-refractivity contribution in [2.75, 3.05) is 26.1 Å². The molecule has 0 bridgehead atoms. The smallest absolute Gasteiger partial charge is 0.244 e. The maximum absolute atomic E-state index is 13.3. The molecule has 1 aliphatic rings. The van der Waals surface area contributed by atoms with Crippen molar-refractivity contribution in [1.82, 2.24) is 4.31 Å². The molecule has 2 aromatic rings. The summed E-state index contributed by atoms with van der Waals surface area (Å²) in [4.78, 5) is 13.1. The van der Waals surface area contributed by atoms with Crippen LogP contribution in [-0.4, -0.2) is 45.4 Å². The van der Waals surface area contributed by atoms with Crippen molar-refractivity contribution in [2.24, 2.45) is 0 Å². The summed E-state index contributed by atoms with van der Waals surface area (Å²) in [5.41, 5.74) is 0.986. The molecule has 1 amide bonds. The van der Waals surface area contributed by atoms with Gasteiger partial charge < -0.3 is 14.8 Å². The first kappa shape index (κ1) is 21.4. The molecule has 0 spiro atoms. The molecule has 0 radical (unpaired) electrons. The minimum atomic E-state index is -3.88. The molecule has 1 fully saturated rings. The number of methoxy groups -OCH3 is 2. The van der Waals surface area contributed by atoms with Crippen LogP contribution in [0.25, 0.3) is 0 Å². The van der Waals surface area contributed by atoms with Gasteiger partial charge in [-0.05, 0) is 49.6 Å². The zero-order valence-corrected chi connectivity index (χ0v) is 18.0. The average molecular weight is 439 g/mol. The van der Waals surface area contributed by atoms with Gasteiger partial charge in [-0.2, -0.15) is 4.31 Å². The first-order valence-electron chi connectivity index (χ1n) is 9.09. The Morgan fingerprint density at radius 3 is 2.62 bits per heavy atom. The van der Waals surface area contributed by atoms with Gasteiger partial charge in [0.05, 0.1) is 24.8 Å². The van der Waals surface area contributed by atoms with E-state index in [1.54, 1.807) is 37.3 Å². The lowest BCUT2D eigenvalue weighted by Crippen LogP contribution is -2.43. The van der Waals surface area contributed by atoms with E-state index in [-0.39, 0.29) is 11.4 Å². The maximum atomic E-state index is 13.3. The lowest BCUT2D eigenvalue weighted by Gasteiger charge is -2.24. The summed E-state index contributed by atoms with van der Waals surface area (Å²) in [7, 11) is -0.916. The number of rotatable bonds is 6. The average Bonchev–Trinajstić information content (AvgIpc) is 3.19. The van der Waals surface area contributed by atoms with Crippen molar-refractivity contribution in [1.29, 1.82) is 0 Å². The van der Waals surface area contributed by atoms with Gasteiger partial charge in [0.2, 0.25) is 15.9 Å². The van der Waals surface area contributed by atoms with Crippen LogP contribution in [0.5, 0.6) is 11.5 Å². The van der Waals surface area contributed by atoms with Crippen LogP contribution >= 0.6 is 11.6 Å². The molecular formula is C20H23ClN2O5S. The van der Waals surface area contributed by atoms with Gasteiger partial charge in [0.25, 0.3) is 0 Å². The predicted octanol–water partition coefficient (Wildman–Crippen LogP) is 3.46. The number of hydrogen-bond donors (Lipinski definition) is 1. The van der Waals surface area contributed by atoms with Crippen LogP contribution in [0.4, 0.5) is 5.69 Å². The number of halogens is 1. The van der Waals surface area contributed by atoms with Crippen LogP contribution in [0.2, 0.25) is 5.02 Å². The number of carbonyl (C=O) groups is 1. The number of nitrogens with zero attached hydrogens (tertiary/aromatic N) is 1. The molecule has 0 aliphatic carbocycles. The van der Waals surface area contributed by atoms with Gasteiger partial charge >= 0.3 is 0 Å². The lowest BCUT2D eigenvalue weighted by molar-refractivity contribution is -0.119. The van der Waals surface area contributed by atoms with E-state index in [0.29, 0.717) is 40.6 Å². The Kier molecular flexibility index (Phi) is 6.36. The number of nitrogens with one attached hydrogen (secondary N) is 1. The monoisotopic (exact) mass is 438 g/mol. The van der Waals surface area contributed by atoms with Gasteiger partial charge in [-0.3, -0.25) is 4.79 Å². The fourth-order valence-electron chi connectivity index (χ4n) is 3.40. The lowest BCUT2D eigenvalue weighted by atomic mass is 10.2. The quantitative estimate of drug-likeness (QED) is 0.746. The number of anilines is 1. The van der Waals surface area contributed by atoms with Gasteiger partial charge in [-0.15, -0.1) is 0 Å². The third-order valence-electron chi connectivity index (χ3n) is 4.91. The normalized spacial score (nSPS) is 17.2. The summed E-state index contributed by atoms with van der Waals surface area (Å²) in [5.74, 6) is 0.462. The van der Waals surface area contributed by atoms with E-state index in [0.717, 1.165) is 0 Å². The molecular weight excluding hydrogens is 416 g/mol. The molecule has 7 nitrogen and oxygen atoms in total. The van der Waals surface area contributed by atoms with Crippen LogP contribution in [-0.2, 0) is 14.8 Å². The summed E-state index contributed by atoms with van der Waals surface area (Å²) in [6.07, 6.45) is 1.02. The number of hydrogen-bond acceptors (Lipinski definition) is 5. The SMILES string of the molecule is COc1ccc(C)c(S(=O)(=O)N2CCC[C@H]2C(=O)Nc2cc(Cl)ccc2OC)c1. The van der Waals surface area contributed by atoms with Gasteiger partial charge in [0, 0.05) is 17.6 Å². The molecule has 29 heavy (non-hydrogen) atoms. The van der Waals surface area contributed by atoms with E-state index < -0.39 is 22.0 Å². The Balaban J connectivity index is 1.90. The second-order valence-electron chi connectivity index (χ2n) is 6.74. The van der Waals surface area contributed by atoms with Gasteiger partial charge in [0.15, 0.2) is 0 Å². The third kappa shape index (κ3) is 4.34. The highest BCUT2D eigenvalue weighted by Crippen LogP contribution is 2.32. The molecule has 3 rings (SSSR count). The minimum Gasteiger partial charge on any atom is -0.497 e. The van der Waals surface area contributed by atoms with Crippen molar-refractivity contribution in [2.45, 2.75) is 30.7 Å². The predicted molar refractivity (Wildman–Crippen MR) is 111 cm³/mol. The molecule has 0 saturated carbocycles. The molecule has 0 aromatic heterocycles. The minimum absolute atomic E-state index is 0.136. The van der Waals surface area contributed by atoms with Gasteiger partial charge in [-0.25, -0.2) is 8.42 Å². The van der Waals surface area contributed by atoms with Crippen LogP contribution in [0, 0.1) is 6.92 Å². The zero-order chi connectivity index (χ0) is 21.2. The van der Waals surface area contributed by atoms with Crippen molar-refractivity contribution in [3.63, 3.8) is 0 Å². The van der Waals surface area contributed by atoms with Gasteiger partial charge in [0.1, 0.15) is 17.5 Å². The van der Waals surface area contributed by atoms with E-state index in [1.165, 1.54) is 24.6 Å². The summed E-state index contributed by atoms with van der Waals surface area (Å²) >= 11 is 6.02. The van der Waals surface area contributed by atoms with E-state index in [4.69, 9.17) is 21.1 Å². The summed E-state index contributed by atoms with van der Waals surface area (Å²) in [5, 5.41) is 3.19. The van der Waals surface area contributed by atoms with E-state index >= 15 is 0 Å². The highest BCUT2D eigenvalue weighted by molar-refractivity contribution is 7.89. The van der Waals surface area contributed by atoms with E-state index in [1.807, 2.05) is 0 Å². The standard InChI is InChI=1S/C20H23ClN2O5S/c1-13-6-8-15(27-2)12-19(13)29(25,26)23-10-4-5-17(23)20(24)22-16-11-14(21)7-9-18(16)28-3/h6-9,11-12,17H,4-5,10H2,1-3H3,(H,22,24)/t17-/m0/s1. The first-order valence-corrected chi connectivity index (χ1v) is 10.9. The fraction of sp³-hybridized carbons (Fsp3) is 0.350. The van der Waals surface area contributed by atoms with Gasteiger partial charge in [-0.1, -0.05) is 17.7 Å². The molecule has 1 heterocycles. The zero-order valence-electron chi connectivity index (χ0n) is 16.4. The van der Waals surface area contributed by atoms with Crippen LogP contribution in [0.15, 0.2) is 41.3 Å². The Bertz CT molecular complexity index is 1030. The van der Waals surface area contributed by atoms with E-state index in [2.05, 4.69) is 5.32 Å². The van der Waals surface area contributed by atoms with Crippen molar-refractivity contribution in [3.8, 4) is 11.5 Å². The van der Waals surface area contributed by atoms with Crippen LogP contribution in [0.1, 0.15) is 18.4 Å². The maximum Gasteiger partial charge on any atom is 0.244 e.